The van der Waals surface area contributed by atoms with Gasteiger partial charge in [-0.2, -0.15) is 0 Å². The Morgan fingerprint density at radius 3 is 2.50 bits per heavy atom. The van der Waals surface area contributed by atoms with Crippen molar-refractivity contribution in [1.82, 2.24) is 4.90 Å². The molecule has 2 rings (SSSR count). The third-order valence-electron chi connectivity index (χ3n) is 3.08. The first kappa shape index (κ1) is 11.7. The molecule has 1 aromatic rings. The van der Waals surface area contributed by atoms with E-state index in [0.717, 1.165) is 28.0 Å². The first-order valence-electron chi connectivity index (χ1n) is 5.72. The van der Waals surface area contributed by atoms with Crippen LogP contribution < -0.4 is 11.5 Å². The van der Waals surface area contributed by atoms with Gasteiger partial charge in [0, 0.05) is 16.7 Å². The molecule has 1 aromatic carbocycles. The van der Waals surface area contributed by atoms with E-state index in [2.05, 4.69) is 20.8 Å². The van der Waals surface area contributed by atoms with Crippen molar-refractivity contribution in [2.24, 2.45) is 0 Å². The third-order valence-corrected chi connectivity index (χ3v) is 3.74. The molecule has 0 saturated carbocycles. The number of hydrogen-bond donors (Lipinski definition) is 2. The van der Waals surface area contributed by atoms with Crippen LogP contribution in [0.15, 0.2) is 16.6 Å². The molecule has 1 heterocycles. The van der Waals surface area contributed by atoms with Crippen molar-refractivity contribution in [3.05, 3.63) is 22.2 Å². The number of nitrogens with two attached hydrogens (primary N) is 2. The van der Waals surface area contributed by atoms with E-state index in [1.807, 2.05) is 12.1 Å². The van der Waals surface area contributed by atoms with Gasteiger partial charge in [-0.15, -0.1) is 0 Å². The topological polar surface area (TPSA) is 55.3 Å². The maximum Gasteiger partial charge on any atom is 0.0505 e. The molecule has 4 heteroatoms. The normalized spacial score (nSPS) is 17.6. The minimum atomic E-state index is 0.771. The summed E-state index contributed by atoms with van der Waals surface area (Å²) in [6, 6.07) is 3.84. The van der Waals surface area contributed by atoms with Crippen LogP contribution in [-0.2, 0) is 6.54 Å². The van der Waals surface area contributed by atoms with E-state index < -0.39 is 0 Å². The van der Waals surface area contributed by atoms with Gasteiger partial charge in [0.15, 0.2) is 0 Å². The molecular weight excluding hydrogens is 266 g/mol. The smallest absolute Gasteiger partial charge is 0.0505 e. The standard InChI is InChI=1S/C12H18BrN3/c13-11-7-10(14)6-9(12(11)15)8-16-4-2-1-3-5-16/h6-7H,1-5,8,14-15H2. The van der Waals surface area contributed by atoms with Gasteiger partial charge in [0.25, 0.3) is 0 Å². The van der Waals surface area contributed by atoms with Crippen molar-refractivity contribution < 1.29 is 0 Å². The molecule has 1 fully saturated rings. The number of rotatable bonds is 2. The largest absolute Gasteiger partial charge is 0.399 e. The fourth-order valence-electron chi connectivity index (χ4n) is 2.19. The Morgan fingerprint density at radius 1 is 1.12 bits per heavy atom. The lowest BCUT2D eigenvalue weighted by Crippen LogP contribution is -2.29. The predicted molar refractivity (Wildman–Crippen MR) is 72.1 cm³/mol. The third kappa shape index (κ3) is 2.68. The average Bonchev–Trinajstić information content (AvgIpc) is 2.27. The molecule has 0 aliphatic carbocycles. The second-order valence-corrected chi connectivity index (χ2v) is 5.27. The van der Waals surface area contributed by atoms with Gasteiger partial charge in [-0.05, 0) is 59.6 Å². The highest BCUT2D eigenvalue weighted by molar-refractivity contribution is 9.10. The summed E-state index contributed by atoms with van der Waals surface area (Å²) in [5.41, 5.74) is 14.6. The monoisotopic (exact) mass is 283 g/mol. The van der Waals surface area contributed by atoms with E-state index in [1.165, 1.54) is 32.4 Å². The highest BCUT2D eigenvalue weighted by Crippen LogP contribution is 2.28. The van der Waals surface area contributed by atoms with Gasteiger partial charge in [-0.1, -0.05) is 6.42 Å². The van der Waals surface area contributed by atoms with E-state index in [9.17, 15) is 0 Å². The zero-order valence-electron chi connectivity index (χ0n) is 9.38. The molecular formula is C12H18BrN3. The van der Waals surface area contributed by atoms with Crippen molar-refractivity contribution in [2.75, 3.05) is 24.6 Å². The minimum absolute atomic E-state index is 0.771. The lowest BCUT2D eigenvalue weighted by Gasteiger charge is -2.27. The molecule has 0 atom stereocenters. The Balaban J connectivity index is 2.13. The zero-order valence-corrected chi connectivity index (χ0v) is 11.0. The van der Waals surface area contributed by atoms with E-state index in [0.29, 0.717) is 0 Å². The first-order chi connectivity index (χ1) is 7.66. The fraction of sp³-hybridized carbons (Fsp3) is 0.500. The van der Waals surface area contributed by atoms with Crippen LogP contribution in [0.25, 0.3) is 0 Å². The van der Waals surface area contributed by atoms with E-state index >= 15 is 0 Å². The summed E-state index contributed by atoms with van der Waals surface area (Å²) in [7, 11) is 0. The van der Waals surface area contributed by atoms with Crippen LogP contribution in [-0.4, -0.2) is 18.0 Å². The number of nitrogens with zero attached hydrogens (tertiary/aromatic N) is 1. The Labute approximate surface area is 105 Å². The lowest BCUT2D eigenvalue weighted by molar-refractivity contribution is 0.221. The van der Waals surface area contributed by atoms with E-state index in [-0.39, 0.29) is 0 Å². The molecule has 1 saturated heterocycles. The van der Waals surface area contributed by atoms with Gasteiger partial charge >= 0.3 is 0 Å². The summed E-state index contributed by atoms with van der Waals surface area (Å²) < 4.78 is 0.902. The van der Waals surface area contributed by atoms with Crippen LogP contribution >= 0.6 is 15.9 Å². The Kier molecular flexibility index (Phi) is 3.71. The lowest BCUT2D eigenvalue weighted by atomic mass is 10.1. The SMILES string of the molecule is Nc1cc(Br)c(N)c(CN2CCCCC2)c1. The second-order valence-electron chi connectivity index (χ2n) is 4.41. The van der Waals surface area contributed by atoms with Gasteiger partial charge in [-0.25, -0.2) is 0 Å². The number of benzene rings is 1. The van der Waals surface area contributed by atoms with Crippen molar-refractivity contribution in [3.8, 4) is 0 Å². The fourth-order valence-corrected chi connectivity index (χ4v) is 2.71. The van der Waals surface area contributed by atoms with E-state index in [4.69, 9.17) is 11.5 Å². The highest BCUT2D eigenvalue weighted by atomic mass is 79.9. The summed E-state index contributed by atoms with van der Waals surface area (Å²) >= 11 is 3.44. The number of likely N-dealkylation sites (tertiary alicyclic amines) is 1. The quantitative estimate of drug-likeness (QED) is 0.821. The van der Waals surface area contributed by atoms with Crippen molar-refractivity contribution in [1.29, 1.82) is 0 Å². The predicted octanol–water partition coefficient (Wildman–Crippen LogP) is 2.60. The first-order valence-corrected chi connectivity index (χ1v) is 6.52. The molecule has 1 aliphatic heterocycles. The summed E-state index contributed by atoms with van der Waals surface area (Å²) in [6.45, 7) is 3.26. The maximum absolute atomic E-state index is 6.04. The van der Waals surface area contributed by atoms with Crippen molar-refractivity contribution in [2.45, 2.75) is 25.8 Å². The van der Waals surface area contributed by atoms with Gasteiger partial charge in [0.2, 0.25) is 0 Å². The van der Waals surface area contributed by atoms with Crippen LogP contribution in [0.5, 0.6) is 0 Å². The Hall–Kier alpha value is -0.740. The van der Waals surface area contributed by atoms with Crippen LogP contribution in [0, 0.1) is 0 Å². The molecule has 3 nitrogen and oxygen atoms in total. The van der Waals surface area contributed by atoms with Crippen LogP contribution in [0.2, 0.25) is 0 Å². The number of hydrogen-bond acceptors (Lipinski definition) is 3. The molecule has 0 bridgehead atoms. The van der Waals surface area contributed by atoms with Gasteiger partial charge in [0.05, 0.1) is 5.69 Å². The molecule has 0 radical (unpaired) electrons. The highest BCUT2D eigenvalue weighted by Gasteiger charge is 2.13. The van der Waals surface area contributed by atoms with Gasteiger partial charge in [0.1, 0.15) is 0 Å². The zero-order chi connectivity index (χ0) is 11.5. The molecule has 0 unspecified atom stereocenters. The summed E-state index contributed by atoms with van der Waals surface area (Å²) in [6.07, 6.45) is 3.94. The van der Waals surface area contributed by atoms with Crippen molar-refractivity contribution >= 4 is 27.3 Å². The Bertz CT molecular complexity index is 373. The Morgan fingerprint density at radius 2 is 1.81 bits per heavy atom. The molecule has 1 aliphatic rings. The average molecular weight is 284 g/mol. The molecule has 0 aromatic heterocycles. The van der Waals surface area contributed by atoms with E-state index in [1.54, 1.807) is 0 Å². The summed E-state index contributed by atoms with van der Waals surface area (Å²) in [4.78, 5) is 2.45. The molecule has 88 valence electrons. The number of nitrogen functional groups attached to an aromatic ring is 2. The number of halogens is 1. The second kappa shape index (κ2) is 5.06. The van der Waals surface area contributed by atoms with Gasteiger partial charge < -0.3 is 11.5 Å². The molecule has 4 N–H and O–H groups in total. The summed E-state index contributed by atoms with van der Waals surface area (Å²) in [5, 5.41) is 0. The molecule has 16 heavy (non-hydrogen) atoms. The van der Waals surface area contributed by atoms with Crippen LogP contribution in [0.4, 0.5) is 11.4 Å². The van der Waals surface area contributed by atoms with Crippen LogP contribution in [0.3, 0.4) is 0 Å². The van der Waals surface area contributed by atoms with Crippen molar-refractivity contribution in [3.63, 3.8) is 0 Å². The summed E-state index contributed by atoms with van der Waals surface area (Å²) in [5.74, 6) is 0. The van der Waals surface area contributed by atoms with Gasteiger partial charge in [-0.3, -0.25) is 4.90 Å². The van der Waals surface area contributed by atoms with Crippen LogP contribution in [0.1, 0.15) is 24.8 Å². The maximum atomic E-state index is 6.04. The number of anilines is 2. The number of piperidine rings is 1. The molecule has 0 amide bonds. The minimum Gasteiger partial charge on any atom is -0.399 e. The molecule has 0 spiro atoms.